The Morgan fingerprint density at radius 1 is 1.17 bits per heavy atom. The highest BCUT2D eigenvalue weighted by molar-refractivity contribution is 7.98. The number of hydrogen-bond donors (Lipinski definition) is 0. The molecule has 0 unspecified atom stereocenters. The van der Waals surface area contributed by atoms with Crippen LogP contribution in [0.15, 0.2) is 47.4 Å². The van der Waals surface area contributed by atoms with Crippen molar-refractivity contribution >= 4 is 23.4 Å². The summed E-state index contributed by atoms with van der Waals surface area (Å²) in [5.74, 6) is 0.849. The Morgan fingerprint density at radius 3 is 2.56 bits per heavy atom. The second kappa shape index (κ2) is 6.17. The molecule has 2 rings (SSSR count). The van der Waals surface area contributed by atoms with Gasteiger partial charge in [0.25, 0.3) is 0 Å². The molecular formula is C15H15ClOS. The van der Waals surface area contributed by atoms with Crippen LogP contribution in [0.5, 0.6) is 5.75 Å². The lowest BCUT2D eigenvalue weighted by Crippen LogP contribution is -1.97. The summed E-state index contributed by atoms with van der Waals surface area (Å²) in [5, 5.41) is 0.746. The first-order chi connectivity index (χ1) is 8.70. The average Bonchev–Trinajstić information content (AvgIpc) is 2.40. The van der Waals surface area contributed by atoms with Crippen LogP contribution in [0.25, 0.3) is 0 Å². The van der Waals surface area contributed by atoms with E-state index in [0.717, 1.165) is 26.8 Å². The maximum atomic E-state index is 6.18. The van der Waals surface area contributed by atoms with Gasteiger partial charge in [-0.05, 0) is 30.4 Å². The van der Waals surface area contributed by atoms with E-state index in [1.54, 1.807) is 11.8 Å². The van der Waals surface area contributed by atoms with E-state index < -0.39 is 0 Å². The molecule has 2 aromatic carbocycles. The Kier molecular flexibility index (Phi) is 4.56. The zero-order valence-electron chi connectivity index (χ0n) is 10.4. The van der Waals surface area contributed by atoms with Crippen molar-refractivity contribution in [1.82, 2.24) is 0 Å². The van der Waals surface area contributed by atoms with Gasteiger partial charge in [-0.3, -0.25) is 0 Å². The fraction of sp³-hybridized carbons (Fsp3) is 0.200. The summed E-state index contributed by atoms with van der Waals surface area (Å²) in [6, 6.07) is 14.1. The molecule has 0 spiro atoms. The van der Waals surface area contributed by atoms with E-state index in [0.29, 0.717) is 6.61 Å². The molecule has 0 amide bonds. The highest BCUT2D eigenvalue weighted by Gasteiger charge is 2.06. The van der Waals surface area contributed by atoms with Crippen molar-refractivity contribution in [1.29, 1.82) is 0 Å². The molecule has 0 fully saturated rings. The van der Waals surface area contributed by atoms with Gasteiger partial charge in [-0.25, -0.2) is 0 Å². The molecule has 1 nitrogen and oxygen atoms in total. The molecule has 0 aromatic heterocycles. The maximum absolute atomic E-state index is 6.18. The Morgan fingerprint density at radius 2 is 1.89 bits per heavy atom. The van der Waals surface area contributed by atoms with Crippen LogP contribution in [-0.4, -0.2) is 6.26 Å². The molecule has 0 atom stereocenters. The van der Waals surface area contributed by atoms with Crippen molar-refractivity contribution < 1.29 is 4.74 Å². The van der Waals surface area contributed by atoms with Gasteiger partial charge < -0.3 is 4.74 Å². The second-order valence-corrected chi connectivity index (χ2v) is 5.28. The highest BCUT2D eigenvalue weighted by atomic mass is 35.5. The van der Waals surface area contributed by atoms with Crippen LogP contribution >= 0.6 is 23.4 Å². The normalized spacial score (nSPS) is 10.4. The average molecular weight is 279 g/mol. The van der Waals surface area contributed by atoms with Gasteiger partial charge in [-0.1, -0.05) is 41.9 Å². The topological polar surface area (TPSA) is 9.23 Å². The van der Waals surface area contributed by atoms with Crippen molar-refractivity contribution in [2.24, 2.45) is 0 Å². The number of ether oxygens (including phenoxy) is 1. The van der Waals surface area contributed by atoms with E-state index in [1.165, 1.54) is 0 Å². The molecule has 94 valence electrons. The van der Waals surface area contributed by atoms with Crippen molar-refractivity contribution in [2.45, 2.75) is 18.4 Å². The summed E-state index contributed by atoms with van der Waals surface area (Å²) >= 11 is 7.83. The largest absolute Gasteiger partial charge is 0.489 e. The monoisotopic (exact) mass is 278 g/mol. The first kappa shape index (κ1) is 13.3. The van der Waals surface area contributed by atoms with Crippen LogP contribution in [0.2, 0.25) is 5.02 Å². The third-order valence-electron chi connectivity index (χ3n) is 2.69. The van der Waals surface area contributed by atoms with Gasteiger partial charge in [-0.2, -0.15) is 0 Å². The molecule has 0 saturated heterocycles. The molecule has 2 aromatic rings. The van der Waals surface area contributed by atoms with Crippen LogP contribution in [0.1, 0.15) is 11.1 Å². The van der Waals surface area contributed by atoms with E-state index in [9.17, 15) is 0 Å². The van der Waals surface area contributed by atoms with Crippen molar-refractivity contribution in [2.75, 3.05) is 6.26 Å². The number of rotatable bonds is 4. The molecule has 18 heavy (non-hydrogen) atoms. The van der Waals surface area contributed by atoms with E-state index in [1.807, 2.05) is 49.6 Å². The number of hydrogen-bond acceptors (Lipinski definition) is 2. The van der Waals surface area contributed by atoms with Gasteiger partial charge in [-0.15, -0.1) is 11.8 Å². The Labute approximate surface area is 117 Å². The van der Waals surface area contributed by atoms with Gasteiger partial charge in [0.15, 0.2) is 0 Å². The number of aryl methyl sites for hydroxylation is 1. The van der Waals surface area contributed by atoms with Gasteiger partial charge in [0.1, 0.15) is 12.4 Å². The van der Waals surface area contributed by atoms with Crippen LogP contribution in [0, 0.1) is 6.92 Å². The molecule has 0 aliphatic heterocycles. The third-order valence-corrected chi connectivity index (χ3v) is 3.89. The quantitative estimate of drug-likeness (QED) is 0.732. The minimum atomic E-state index is 0.566. The van der Waals surface area contributed by atoms with E-state index in [4.69, 9.17) is 16.3 Å². The molecular weight excluding hydrogens is 264 g/mol. The predicted octanol–water partition coefficient (Wildman–Crippen LogP) is 4.95. The molecule has 0 aliphatic carbocycles. The first-order valence-electron chi connectivity index (χ1n) is 5.71. The van der Waals surface area contributed by atoms with Gasteiger partial charge in [0.05, 0.1) is 5.02 Å². The summed E-state index contributed by atoms with van der Waals surface area (Å²) in [7, 11) is 0. The zero-order valence-corrected chi connectivity index (χ0v) is 12.0. The summed E-state index contributed by atoms with van der Waals surface area (Å²) in [4.78, 5) is 1.08. The summed E-state index contributed by atoms with van der Waals surface area (Å²) in [6.45, 7) is 2.60. The minimum absolute atomic E-state index is 0.566. The van der Waals surface area contributed by atoms with Crippen molar-refractivity contribution in [3.8, 4) is 5.75 Å². The molecule has 0 saturated carbocycles. The first-order valence-corrected chi connectivity index (χ1v) is 7.32. The number of halogens is 1. The number of benzene rings is 2. The molecule has 0 N–H and O–H groups in total. The highest BCUT2D eigenvalue weighted by Crippen LogP contribution is 2.32. The lowest BCUT2D eigenvalue weighted by atomic mass is 10.2. The smallest absolute Gasteiger partial charge is 0.124 e. The predicted molar refractivity (Wildman–Crippen MR) is 78.7 cm³/mol. The fourth-order valence-electron chi connectivity index (χ4n) is 1.68. The molecule has 0 aliphatic rings. The van der Waals surface area contributed by atoms with Crippen LogP contribution in [0.4, 0.5) is 0 Å². The Balaban J connectivity index is 2.13. The van der Waals surface area contributed by atoms with E-state index in [-0.39, 0.29) is 0 Å². The molecule has 0 heterocycles. The summed E-state index contributed by atoms with van der Waals surface area (Å²) in [6.07, 6.45) is 2.02. The van der Waals surface area contributed by atoms with Gasteiger partial charge >= 0.3 is 0 Å². The SMILES string of the molecule is CSc1cc(C)c(OCc2ccccc2)cc1Cl. The van der Waals surface area contributed by atoms with E-state index in [2.05, 4.69) is 6.07 Å². The van der Waals surface area contributed by atoms with Gasteiger partial charge in [0.2, 0.25) is 0 Å². The third kappa shape index (κ3) is 3.21. The molecule has 0 bridgehead atoms. The summed E-state index contributed by atoms with van der Waals surface area (Å²) in [5.41, 5.74) is 2.27. The number of thioether (sulfide) groups is 1. The fourth-order valence-corrected chi connectivity index (χ4v) is 2.62. The van der Waals surface area contributed by atoms with Crippen molar-refractivity contribution in [3.63, 3.8) is 0 Å². The Hall–Kier alpha value is -1.12. The van der Waals surface area contributed by atoms with Crippen LogP contribution in [0.3, 0.4) is 0 Å². The maximum Gasteiger partial charge on any atom is 0.124 e. The summed E-state index contributed by atoms with van der Waals surface area (Å²) < 4.78 is 5.81. The van der Waals surface area contributed by atoms with Crippen LogP contribution in [-0.2, 0) is 6.61 Å². The molecule has 0 radical (unpaired) electrons. The minimum Gasteiger partial charge on any atom is -0.489 e. The van der Waals surface area contributed by atoms with Gasteiger partial charge in [0, 0.05) is 11.0 Å². The van der Waals surface area contributed by atoms with Crippen LogP contribution < -0.4 is 4.74 Å². The lowest BCUT2D eigenvalue weighted by Gasteiger charge is -2.11. The second-order valence-electron chi connectivity index (χ2n) is 4.03. The lowest BCUT2D eigenvalue weighted by molar-refractivity contribution is 0.304. The standard InChI is InChI=1S/C15H15ClOS/c1-11-8-15(18-2)13(16)9-14(11)17-10-12-6-4-3-5-7-12/h3-9H,10H2,1-2H3. The Bertz CT molecular complexity index is 526. The molecule has 3 heteroatoms. The van der Waals surface area contributed by atoms with Crippen molar-refractivity contribution in [3.05, 3.63) is 58.6 Å². The zero-order chi connectivity index (χ0) is 13.0. The van der Waals surface area contributed by atoms with E-state index >= 15 is 0 Å².